The topological polar surface area (TPSA) is 50.8 Å². The van der Waals surface area contributed by atoms with Crippen LogP contribution in [0.15, 0.2) is 85.2 Å². The van der Waals surface area contributed by atoms with E-state index in [1.165, 1.54) is 0 Å². The number of imidazole rings is 1. The third-order valence-electron chi connectivity index (χ3n) is 5.19. The molecule has 138 valence electrons. The fraction of sp³-hybridized carbons (Fsp3) is 0.0400. The zero-order chi connectivity index (χ0) is 19.8. The summed E-state index contributed by atoms with van der Waals surface area (Å²) < 4.78 is 7.47. The van der Waals surface area contributed by atoms with E-state index in [0.29, 0.717) is 11.3 Å². The van der Waals surface area contributed by atoms with Crippen LogP contribution in [0, 0.1) is 11.3 Å². The summed E-state index contributed by atoms with van der Waals surface area (Å²) >= 11 is 0. The third-order valence-corrected chi connectivity index (χ3v) is 5.19. The number of rotatable bonds is 3. The first-order chi connectivity index (χ1) is 14.3. The zero-order valence-electron chi connectivity index (χ0n) is 15.8. The van der Waals surface area contributed by atoms with Crippen molar-refractivity contribution in [3.63, 3.8) is 0 Å². The van der Waals surface area contributed by atoms with E-state index in [0.717, 1.165) is 38.6 Å². The quantitative estimate of drug-likeness (QED) is 0.405. The highest BCUT2D eigenvalue weighted by Gasteiger charge is 2.08. The molecule has 29 heavy (non-hydrogen) atoms. The van der Waals surface area contributed by atoms with Gasteiger partial charge in [0.05, 0.1) is 23.7 Å². The van der Waals surface area contributed by atoms with E-state index in [9.17, 15) is 5.26 Å². The van der Waals surface area contributed by atoms with Crippen molar-refractivity contribution < 1.29 is 4.74 Å². The lowest BCUT2D eigenvalue weighted by Crippen LogP contribution is -1.92. The number of hydrogen-bond donors (Lipinski definition) is 0. The van der Waals surface area contributed by atoms with E-state index in [1.807, 2.05) is 42.7 Å². The summed E-state index contributed by atoms with van der Waals surface area (Å²) in [5.74, 6) is 0.593. The molecule has 5 rings (SSSR count). The molecule has 0 saturated carbocycles. The number of ether oxygens (including phenoxy) is 1. The first-order valence-electron chi connectivity index (χ1n) is 9.31. The molecule has 0 aliphatic rings. The molecule has 0 N–H and O–H groups in total. The Morgan fingerprint density at radius 1 is 0.862 bits per heavy atom. The van der Waals surface area contributed by atoms with Gasteiger partial charge in [0, 0.05) is 5.69 Å². The minimum absolute atomic E-state index is 0.543. The van der Waals surface area contributed by atoms with Crippen LogP contribution in [-0.2, 0) is 0 Å². The normalized spacial score (nSPS) is 10.9. The highest BCUT2D eigenvalue weighted by atomic mass is 16.5. The van der Waals surface area contributed by atoms with Gasteiger partial charge in [0.25, 0.3) is 0 Å². The minimum Gasteiger partial charge on any atom is -0.495 e. The zero-order valence-corrected chi connectivity index (χ0v) is 15.8. The van der Waals surface area contributed by atoms with Crippen molar-refractivity contribution in [2.75, 3.05) is 7.11 Å². The maximum absolute atomic E-state index is 9.30. The fourth-order valence-corrected chi connectivity index (χ4v) is 3.71. The van der Waals surface area contributed by atoms with Gasteiger partial charge in [-0.15, -0.1) is 0 Å². The van der Waals surface area contributed by atoms with Gasteiger partial charge in [-0.2, -0.15) is 5.26 Å². The van der Waals surface area contributed by atoms with Gasteiger partial charge in [-0.25, -0.2) is 4.98 Å². The minimum atomic E-state index is 0.543. The number of aromatic nitrogens is 2. The Labute approximate surface area is 168 Å². The summed E-state index contributed by atoms with van der Waals surface area (Å²) in [6.07, 6.45) is 1.86. The summed E-state index contributed by atoms with van der Waals surface area (Å²) in [6.45, 7) is 0. The average molecular weight is 375 g/mol. The number of hydrogen-bond acceptors (Lipinski definition) is 3. The van der Waals surface area contributed by atoms with Gasteiger partial charge >= 0.3 is 0 Å². The SMILES string of the molecule is COc1cc2cc(-c3cccc(-n4cnc5ccccc54)c3)ccc2cc1C#N. The molecule has 1 heterocycles. The Morgan fingerprint density at radius 2 is 1.72 bits per heavy atom. The Bertz CT molecular complexity index is 1410. The third kappa shape index (κ3) is 2.90. The molecule has 4 nitrogen and oxygen atoms in total. The lowest BCUT2D eigenvalue weighted by Gasteiger charge is -2.10. The number of benzene rings is 4. The molecule has 1 aromatic heterocycles. The van der Waals surface area contributed by atoms with Gasteiger partial charge in [-0.3, -0.25) is 4.57 Å². The second kappa shape index (κ2) is 6.81. The second-order valence-electron chi connectivity index (χ2n) is 6.88. The van der Waals surface area contributed by atoms with Crippen LogP contribution < -0.4 is 4.74 Å². The lowest BCUT2D eigenvalue weighted by atomic mass is 9.99. The Kier molecular flexibility index (Phi) is 4.00. The Morgan fingerprint density at radius 3 is 2.59 bits per heavy atom. The van der Waals surface area contributed by atoms with Gasteiger partial charge in [0.15, 0.2) is 0 Å². The van der Waals surface area contributed by atoms with Gasteiger partial charge in [-0.05, 0) is 64.4 Å². The van der Waals surface area contributed by atoms with E-state index >= 15 is 0 Å². The molecule has 0 atom stereocenters. The number of para-hydroxylation sites is 2. The molecule has 0 bridgehead atoms. The van der Waals surface area contributed by atoms with Gasteiger partial charge < -0.3 is 4.74 Å². The van der Waals surface area contributed by atoms with E-state index < -0.39 is 0 Å². The monoisotopic (exact) mass is 375 g/mol. The molecular weight excluding hydrogens is 358 g/mol. The van der Waals surface area contributed by atoms with E-state index in [2.05, 4.69) is 58.1 Å². The summed E-state index contributed by atoms with van der Waals surface area (Å²) in [6, 6.07) is 28.8. The van der Waals surface area contributed by atoms with Crippen LogP contribution in [0.1, 0.15) is 5.56 Å². The predicted octanol–water partition coefficient (Wildman–Crippen LogP) is 5.73. The van der Waals surface area contributed by atoms with Crippen molar-refractivity contribution in [1.82, 2.24) is 9.55 Å². The predicted molar refractivity (Wildman–Crippen MR) is 115 cm³/mol. The summed E-state index contributed by atoms with van der Waals surface area (Å²) in [4.78, 5) is 4.50. The fourth-order valence-electron chi connectivity index (χ4n) is 3.71. The van der Waals surface area contributed by atoms with Crippen LogP contribution in [0.5, 0.6) is 5.75 Å². The van der Waals surface area contributed by atoms with Crippen molar-refractivity contribution >= 4 is 21.8 Å². The van der Waals surface area contributed by atoms with Crippen molar-refractivity contribution in [2.45, 2.75) is 0 Å². The Balaban J connectivity index is 1.62. The molecule has 4 heteroatoms. The van der Waals surface area contributed by atoms with E-state index in [4.69, 9.17) is 4.74 Å². The largest absolute Gasteiger partial charge is 0.495 e. The van der Waals surface area contributed by atoms with Crippen molar-refractivity contribution in [2.24, 2.45) is 0 Å². The van der Waals surface area contributed by atoms with Crippen LogP contribution in [-0.4, -0.2) is 16.7 Å². The molecule has 0 saturated heterocycles. The highest BCUT2D eigenvalue weighted by Crippen LogP contribution is 2.30. The molecule has 0 spiro atoms. The molecule has 5 aromatic rings. The standard InChI is InChI=1S/C25H17N3O/c1-29-25-14-20-11-18(9-10-19(20)12-21(25)15-26)17-5-4-6-22(13-17)28-16-27-23-7-2-3-8-24(23)28/h2-14,16H,1H3. The van der Waals surface area contributed by atoms with Gasteiger partial charge in [-0.1, -0.05) is 36.4 Å². The molecule has 0 fully saturated rings. The molecule has 0 amide bonds. The first-order valence-corrected chi connectivity index (χ1v) is 9.31. The first kappa shape index (κ1) is 17.0. The molecule has 0 radical (unpaired) electrons. The average Bonchev–Trinajstić information content (AvgIpc) is 3.22. The van der Waals surface area contributed by atoms with E-state index in [1.54, 1.807) is 7.11 Å². The van der Waals surface area contributed by atoms with Crippen LogP contribution in [0.4, 0.5) is 0 Å². The lowest BCUT2D eigenvalue weighted by molar-refractivity contribution is 0.414. The summed E-state index contributed by atoms with van der Waals surface area (Å²) in [7, 11) is 1.59. The molecular formula is C25H17N3O. The second-order valence-corrected chi connectivity index (χ2v) is 6.88. The van der Waals surface area contributed by atoms with Crippen molar-refractivity contribution in [1.29, 1.82) is 5.26 Å². The van der Waals surface area contributed by atoms with Crippen LogP contribution >= 0.6 is 0 Å². The summed E-state index contributed by atoms with van der Waals surface area (Å²) in [5, 5.41) is 11.4. The maximum atomic E-state index is 9.30. The smallest absolute Gasteiger partial charge is 0.137 e. The molecule has 4 aromatic carbocycles. The van der Waals surface area contributed by atoms with Crippen molar-refractivity contribution in [3.05, 3.63) is 90.8 Å². The highest BCUT2D eigenvalue weighted by molar-refractivity contribution is 5.90. The number of methoxy groups -OCH3 is 1. The van der Waals surface area contributed by atoms with Gasteiger partial charge in [0.2, 0.25) is 0 Å². The molecule has 0 aliphatic carbocycles. The number of nitriles is 1. The summed E-state index contributed by atoms with van der Waals surface area (Å²) in [5.41, 5.74) is 5.89. The number of fused-ring (bicyclic) bond motifs is 2. The van der Waals surface area contributed by atoms with Crippen LogP contribution in [0.2, 0.25) is 0 Å². The Hall–Kier alpha value is -4.10. The van der Waals surface area contributed by atoms with Crippen molar-refractivity contribution in [3.8, 4) is 28.6 Å². The maximum Gasteiger partial charge on any atom is 0.137 e. The van der Waals surface area contributed by atoms with Crippen LogP contribution in [0.25, 0.3) is 38.6 Å². The number of nitrogens with zero attached hydrogens (tertiary/aromatic N) is 3. The molecule has 0 aliphatic heterocycles. The van der Waals surface area contributed by atoms with Crippen LogP contribution in [0.3, 0.4) is 0 Å². The molecule has 0 unspecified atom stereocenters. The van der Waals surface area contributed by atoms with Gasteiger partial charge in [0.1, 0.15) is 18.1 Å². The van der Waals surface area contributed by atoms with E-state index in [-0.39, 0.29) is 0 Å².